The molecule has 0 radical (unpaired) electrons. The Morgan fingerprint density at radius 2 is 1.93 bits per heavy atom. The Kier molecular flexibility index (Phi) is 6.24. The molecular weight excluding hydrogens is 425 g/mol. The number of sulfonamides is 1. The number of amides is 1. The molecule has 2 aromatic rings. The fourth-order valence-electron chi connectivity index (χ4n) is 4.34. The summed E-state index contributed by atoms with van der Waals surface area (Å²) < 4.78 is 38.6. The lowest BCUT2D eigenvalue weighted by molar-refractivity contribution is -0.132. The number of benzene rings is 1. The lowest BCUT2D eigenvalue weighted by atomic mass is 9.93. The van der Waals surface area contributed by atoms with Crippen LogP contribution in [-0.2, 0) is 21.2 Å². The van der Waals surface area contributed by atoms with Crippen molar-refractivity contribution in [2.45, 2.75) is 18.9 Å². The maximum Gasteiger partial charge on any atom is 0.223 e. The van der Waals surface area contributed by atoms with Crippen molar-refractivity contribution >= 4 is 27.3 Å². The number of halogens is 1. The summed E-state index contributed by atoms with van der Waals surface area (Å²) in [4.78, 5) is 18.1. The third kappa shape index (κ3) is 4.59. The van der Waals surface area contributed by atoms with Gasteiger partial charge in [0.05, 0.1) is 12.3 Å². The number of nitrogens with zero attached hydrogens (tertiary/aromatic N) is 3. The molecule has 162 valence electrons. The number of carbonyl (C=O) groups excluding carboxylic acids is 1. The number of hydrogen-bond acceptors (Lipinski definition) is 5. The molecule has 1 fully saturated rings. The lowest BCUT2D eigenvalue weighted by Gasteiger charge is -2.37. The standard InChI is InChI=1S/C21H26FN3O3S2/c1-30(27,28)25-12-10-23(11-13-25)20(26)6-9-24-8-5-19-18(7-14-29-19)21(24)16-3-2-4-17(22)15-16/h2-4,7,14-15,21H,5-6,8-13H2,1H3. The van der Waals surface area contributed by atoms with E-state index in [-0.39, 0.29) is 17.8 Å². The van der Waals surface area contributed by atoms with Gasteiger partial charge in [-0.15, -0.1) is 11.3 Å². The SMILES string of the molecule is CS(=O)(=O)N1CCN(C(=O)CCN2CCc3sccc3C2c2cccc(F)c2)CC1. The summed E-state index contributed by atoms with van der Waals surface area (Å²) in [5.74, 6) is -0.216. The highest BCUT2D eigenvalue weighted by Gasteiger charge is 2.31. The number of hydrogen-bond donors (Lipinski definition) is 0. The average molecular weight is 452 g/mol. The van der Waals surface area contributed by atoms with E-state index < -0.39 is 10.0 Å². The lowest BCUT2D eigenvalue weighted by Crippen LogP contribution is -2.50. The van der Waals surface area contributed by atoms with Crippen LogP contribution in [0.3, 0.4) is 0 Å². The molecule has 1 atom stereocenters. The Morgan fingerprint density at radius 1 is 1.17 bits per heavy atom. The molecule has 1 aromatic carbocycles. The predicted molar refractivity (Wildman–Crippen MR) is 115 cm³/mol. The summed E-state index contributed by atoms with van der Waals surface area (Å²) in [7, 11) is -3.21. The van der Waals surface area contributed by atoms with Crippen molar-refractivity contribution in [3.05, 3.63) is 57.5 Å². The van der Waals surface area contributed by atoms with E-state index in [1.54, 1.807) is 28.4 Å². The zero-order valence-electron chi connectivity index (χ0n) is 17.0. The minimum absolute atomic E-state index is 0.0391. The van der Waals surface area contributed by atoms with E-state index in [1.807, 2.05) is 6.07 Å². The third-order valence-corrected chi connectivity index (χ3v) is 8.20. The van der Waals surface area contributed by atoms with Gasteiger partial charge in [0.15, 0.2) is 0 Å². The van der Waals surface area contributed by atoms with Gasteiger partial charge in [0, 0.05) is 50.6 Å². The van der Waals surface area contributed by atoms with Crippen LogP contribution in [0.5, 0.6) is 0 Å². The molecule has 0 bridgehead atoms. The third-order valence-electron chi connectivity index (χ3n) is 5.90. The van der Waals surface area contributed by atoms with Crippen LogP contribution in [-0.4, -0.2) is 74.0 Å². The molecule has 0 N–H and O–H groups in total. The van der Waals surface area contributed by atoms with Crippen LogP contribution >= 0.6 is 11.3 Å². The van der Waals surface area contributed by atoms with Crippen molar-refractivity contribution in [1.29, 1.82) is 0 Å². The summed E-state index contributed by atoms with van der Waals surface area (Å²) in [5.41, 5.74) is 2.11. The molecule has 1 aromatic heterocycles. The van der Waals surface area contributed by atoms with Crippen molar-refractivity contribution in [3.8, 4) is 0 Å². The van der Waals surface area contributed by atoms with Gasteiger partial charge >= 0.3 is 0 Å². The first-order valence-electron chi connectivity index (χ1n) is 10.1. The number of thiophene rings is 1. The van der Waals surface area contributed by atoms with E-state index in [4.69, 9.17) is 0 Å². The zero-order chi connectivity index (χ0) is 21.3. The van der Waals surface area contributed by atoms with E-state index in [2.05, 4.69) is 16.3 Å². The predicted octanol–water partition coefficient (Wildman–Crippen LogP) is 2.33. The van der Waals surface area contributed by atoms with E-state index in [0.717, 1.165) is 18.5 Å². The maximum atomic E-state index is 13.9. The molecule has 0 aliphatic carbocycles. The van der Waals surface area contributed by atoms with Crippen LogP contribution in [0.1, 0.15) is 28.5 Å². The van der Waals surface area contributed by atoms with Crippen molar-refractivity contribution in [1.82, 2.24) is 14.1 Å². The first kappa shape index (κ1) is 21.4. The molecule has 2 aliphatic rings. The van der Waals surface area contributed by atoms with Crippen LogP contribution in [0, 0.1) is 5.82 Å². The van der Waals surface area contributed by atoms with Gasteiger partial charge in [-0.1, -0.05) is 12.1 Å². The normalized spacial score (nSPS) is 20.9. The molecule has 1 saturated heterocycles. The van der Waals surface area contributed by atoms with Gasteiger partial charge in [-0.3, -0.25) is 9.69 Å². The number of rotatable bonds is 5. The highest BCUT2D eigenvalue weighted by molar-refractivity contribution is 7.88. The smallest absolute Gasteiger partial charge is 0.223 e. The molecule has 6 nitrogen and oxygen atoms in total. The molecule has 0 spiro atoms. The van der Waals surface area contributed by atoms with Crippen LogP contribution in [0.4, 0.5) is 4.39 Å². The summed E-state index contributed by atoms with van der Waals surface area (Å²) in [6, 6.07) is 8.76. The summed E-state index contributed by atoms with van der Waals surface area (Å²) in [5, 5.41) is 2.08. The molecule has 0 saturated carbocycles. The topological polar surface area (TPSA) is 60.9 Å². The fraction of sp³-hybridized carbons (Fsp3) is 0.476. The van der Waals surface area contributed by atoms with Gasteiger partial charge in [-0.05, 0) is 41.1 Å². The molecular formula is C21H26FN3O3S2. The quantitative estimate of drug-likeness (QED) is 0.700. The largest absolute Gasteiger partial charge is 0.340 e. The zero-order valence-corrected chi connectivity index (χ0v) is 18.6. The van der Waals surface area contributed by atoms with E-state index >= 15 is 0 Å². The first-order valence-corrected chi connectivity index (χ1v) is 12.8. The summed E-state index contributed by atoms with van der Waals surface area (Å²) >= 11 is 1.73. The van der Waals surface area contributed by atoms with Gasteiger partial charge in [-0.2, -0.15) is 4.31 Å². The van der Waals surface area contributed by atoms with Crippen molar-refractivity contribution in [3.63, 3.8) is 0 Å². The van der Waals surface area contributed by atoms with Crippen LogP contribution < -0.4 is 0 Å². The van der Waals surface area contributed by atoms with Gasteiger partial charge in [-0.25, -0.2) is 12.8 Å². The Morgan fingerprint density at radius 3 is 2.63 bits per heavy atom. The van der Waals surface area contributed by atoms with Crippen molar-refractivity contribution in [2.24, 2.45) is 0 Å². The second-order valence-corrected chi connectivity index (χ2v) is 10.8. The summed E-state index contributed by atoms with van der Waals surface area (Å²) in [6.45, 7) is 2.95. The summed E-state index contributed by atoms with van der Waals surface area (Å²) in [6.07, 6.45) is 2.50. The maximum absolute atomic E-state index is 13.9. The highest BCUT2D eigenvalue weighted by Crippen LogP contribution is 2.37. The van der Waals surface area contributed by atoms with Crippen LogP contribution in [0.15, 0.2) is 35.7 Å². The Balaban J connectivity index is 1.43. The van der Waals surface area contributed by atoms with E-state index in [0.29, 0.717) is 39.1 Å². The molecule has 2 aliphatic heterocycles. The van der Waals surface area contributed by atoms with Gasteiger partial charge < -0.3 is 4.90 Å². The van der Waals surface area contributed by atoms with Gasteiger partial charge in [0.2, 0.25) is 15.9 Å². The number of fused-ring (bicyclic) bond motifs is 1. The van der Waals surface area contributed by atoms with Crippen LogP contribution in [0.25, 0.3) is 0 Å². The molecule has 1 amide bonds. The Hall–Kier alpha value is -1.81. The van der Waals surface area contributed by atoms with Gasteiger partial charge in [0.25, 0.3) is 0 Å². The number of carbonyl (C=O) groups is 1. The Bertz CT molecular complexity index is 1020. The van der Waals surface area contributed by atoms with Gasteiger partial charge in [0.1, 0.15) is 5.82 Å². The molecule has 4 rings (SSSR count). The molecule has 3 heterocycles. The molecule has 1 unspecified atom stereocenters. The van der Waals surface area contributed by atoms with E-state index in [9.17, 15) is 17.6 Å². The number of piperazine rings is 1. The van der Waals surface area contributed by atoms with Crippen molar-refractivity contribution < 1.29 is 17.6 Å². The first-order chi connectivity index (χ1) is 14.3. The fourth-order valence-corrected chi connectivity index (χ4v) is 6.07. The molecule has 30 heavy (non-hydrogen) atoms. The monoisotopic (exact) mass is 451 g/mol. The second kappa shape index (κ2) is 8.74. The van der Waals surface area contributed by atoms with Crippen molar-refractivity contribution in [2.75, 3.05) is 45.5 Å². The highest BCUT2D eigenvalue weighted by atomic mass is 32.2. The Labute approximate surface area is 180 Å². The average Bonchev–Trinajstić information content (AvgIpc) is 3.19. The van der Waals surface area contributed by atoms with Crippen LogP contribution in [0.2, 0.25) is 0 Å². The minimum Gasteiger partial charge on any atom is -0.340 e. The minimum atomic E-state index is -3.21. The second-order valence-electron chi connectivity index (χ2n) is 7.84. The van der Waals surface area contributed by atoms with E-state index in [1.165, 1.54) is 27.1 Å². The molecule has 9 heteroatoms.